The Morgan fingerprint density at radius 1 is 0.949 bits per heavy atom. The molecule has 9 heteroatoms. The number of hydrogen-bond acceptors (Lipinski definition) is 6. The SMILES string of the molecule is COc1cccc(C(=O)N/N=C2\CCCc3oc(C(=O)Nc4cc(Cl)ccc4Oc4ccccc4)c(C)c32)c1. The summed E-state index contributed by atoms with van der Waals surface area (Å²) >= 11 is 6.22. The third-order valence-electron chi connectivity index (χ3n) is 6.32. The summed E-state index contributed by atoms with van der Waals surface area (Å²) in [5, 5.41) is 7.71. The van der Waals surface area contributed by atoms with Crippen LogP contribution in [0.4, 0.5) is 5.69 Å². The molecule has 1 aliphatic rings. The maximum Gasteiger partial charge on any atom is 0.291 e. The molecule has 1 aromatic heterocycles. The first-order valence-electron chi connectivity index (χ1n) is 12.4. The number of anilines is 1. The number of hydrogen-bond donors (Lipinski definition) is 2. The minimum Gasteiger partial charge on any atom is -0.497 e. The second-order valence-corrected chi connectivity index (χ2v) is 9.39. The van der Waals surface area contributed by atoms with Crippen molar-refractivity contribution in [2.24, 2.45) is 5.10 Å². The van der Waals surface area contributed by atoms with Crippen LogP contribution in [0.2, 0.25) is 5.02 Å². The Labute approximate surface area is 230 Å². The lowest BCUT2D eigenvalue weighted by Gasteiger charge is -2.13. The Kier molecular flexibility index (Phi) is 7.65. The number of fused-ring (bicyclic) bond motifs is 1. The molecule has 0 fully saturated rings. The normalized spacial score (nSPS) is 13.5. The van der Waals surface area contributed by atoms with E-state index in [-0.39, 0.29) is 11.7 Å². The van der Waals surface area contributed by atoms with Gasteiger partial charge in [0.2, 0.25) is 0 Å². The van der Waals surface area contributed by atoms with Crippen molar-refractivity contribution in [1.29, 1.82) is 0 Å². The van der Waals surface area contributed by atoms with Gasteiger partial charge in [0, 0.05) is 28.1 Å². The Balaban J connectivity index is 1.37. The fraction of sp³-hybridized carbons (Fsp3) is 0.167. The number of aryl methyl sites for hydroxylation is 1. The first-order valence-corrected chi connectivity index (χ1v) is 12.8. The van der Waals surface area contributed by atoms with Gasteiger partial charge >= 0.3 is 0 Å². The zero-order chi connectivity index (χ0) is 27.4. The van der Waals surface area contributed by atoms with Crippen LogP contribution >= 0.6 is 11.6 Å². The number of furan rings is 1. The fourth-order valence-corrected chi connectivity index (χ4v) is 4.60. The van der Waals surface area contributed by atoms with E-state index in [0.29, 0.717) is 63.4 Å². The second-order valence-electron chi connectivity index (χ2n) is 8.95. The van der Waals surface area contributed by atoms with Gasteiger partial charge in [0.1, 0.15) is 17.3 Å². The van der Waals surface area contributed by atoms with Crippen LogP contribution in [-0.2, 0) is 6.42 Å². The van der Waals surface area contributed by atoms with Gasteiger partial charge in [-0.15, -0.1) is 0 Å². The largest absolute Gasteiger partial charge is 0.497 e. The number of benzene rings is 3. The monoisotopic (exact) mass is 543 g/mol. The quantitative estimate of drug-likeness (QED) is 0.251. The summed E-state index contributed by atoms with van der Waals surface area (Å²) in [7, 11) is 1.54. The van der Waals surface area contributed by atoms with Crippen LogP contribution in [0.5, 0.6) is 17.2 Å². The average Bonchev–Trinajstić information content (AvgIpc) is 3.30. The van der Waals surface area contributed by atoms with E-state index in [1.165, 1.54) is 0 Å². The lowest BCUT2D eigenvalue weighted by Crippen LogP contribution is -2.22. The molecule has 0 atom stereocenters. The van der Waals surface area contributed by atoms with Crippen molar-refractivity contribution >= 4 is 34.8 Å². The van der Waals surface area contributed by atoms with E-state index in [2.05, 4.69) is 15.8 Å². The van der Waals surface area contributed by atoms with E-state index in [4.69, 9.17) is 25.5 Å². The van der Waals surface area contributed by atoms with E-state index < -0.39 is 5.91 Å². The van der Waals surface area contributed by atoms with Gasteiger partial charge in [-0.05, 0) is 68.3 Å². The van der Waals surface area contributed by atoms with E-state index in [1.54, 1.807) is 56.5 Å². The zero-order valence-corrected chi connectivity index (χ0v) is 22.2. The standard InChI is InChI=1S/C30H26ClN3O5/c1-18-27-23(33-34-29(35)19-8-6-11-22(16-19)37-2)12-7-13-26(27)39-28(18)30(36)32-24-17-20(31)14-15-25(24)38-21-9-4-3-5-10-21/h3-6,8-11,14-17H,7,12-13H2,1-2H3,(H,32,36)(H,34,35)/b33-23+. The summed E-state index contributed by atoms with van der Waals surface area (Å²) < 4.78 is 17.2. The molecule has 0 radical (unpaired) electrons. The van der Waals surface area contributed by atoms with Gasteiger partial charge < -0.3 is 19.2 Å². The van der Waals surface area contributed by atoms with Gasteiger partial charge in [-0.1, -0.05) is 35.9 Å². The number of rotatable bonds is 7. The molecule has 2 N–H and O–H groups in total. The first-order chi connectivity index (χ1) is 18.9. The lowest BCUT2D eigenvalue weighted by molar-refractivity contribution is 0.0953. The smallest absolute Gasteiger partial charge is 0.291 e. The summed E-state index contributed by atoms with van der Waals surface area (Å²) in [5.41, 5.74) is 5.49. The number of para-hydroxylation sites is 1. The predicted molar refractivity (Wildman–Crippen MR) is 149 cm³/mol. The van der Waals surface area contributed by atoms with Crippen LogP contribution in [0.1, 0.15) is 50.6 Å². The number of nitrogens with one attached hydrogen (secondary N) is 2. The lowest BCUT2D eigenvalue weighted by atomic mass is 9.93. The molecule has 2 amide bonds. The molecule has 3 aromatic carbocycles. The van der Waals surface area contributed by atoms with Crippen molar-refractivity contribution in [2.75, 3.05) is 12.4 Å². The van der Waals surface area contributed by atoms with Gasteiger partial charge in [-0.25, -0.2) is 5.43 Å². The number of carbonyl (C=O) groups is 2. The number of hydrazone groups is 1. The zero-order valence-electron chi connectivity index (χ0n) is 21.4. The molecule has 5 rings (SSSR count). The van der Waals surface area contributed by atoms with E-state index in [0.717, 1.165) is 12.0 Å². The Hall–Kier alpha value is -4.56. The summed E-state index contributed by atoms with van der Waals surface area (Å²) in [6.45, 7) is 1.81. The predicted octanol–water partition coefficient (Wildman–Crippen LogP) is 6.77. The highest BCUT2D eigenvalue weighted by atomic mass is 35.5. The number of carbonyl (C=O) groups excluding carboxylic acids is 2. The number of methoxy groups -OCH3 is 1. The van der Waals surface area contributed by atoms with Crippen molar-refractivity contribution in [3.05, 3.63) is 106 Å². The molecule has 4 aromatic rings. The Morgan fingerprint density at radius 2 is 1.74 bits per heavy atom. The highest BCUT2D eigenvalue weighted by Crippen LogP contribution is 2.34. The third-order valence-corrected chi connectivity index (χ3v) is 6.55. The maximum absolute atomic E-state index is 13.4. The van der Waals surface area contributed by atoms with Crippen molar-refractivity contribution < 1.29 is 23.5 Å². The molecular weight excluding hydrogens is 518 g/mol. The van der Waals surface area contributed by atoms with Crippen molar-refractivity contribution in [2.45, 2.75) is 26.2 Å². The number of nitrogens with zero attached hydrogens (tertiary/aromatic N) is 1. The van der Waals surface area contributed by atoms with E-state index in [1.807, 2.05) is 30.3 Å². The van der Waals surface area contributed by atoms with Gasteiger partial charge in [0.25, 0.3) is 11.8 Å². The summed E-state index contributed by atoms with van der Waals surface area (Å²) in [5.74, 6) is 1.66. The minimum absolute atomic E-state index is 0.166. The molecule has 0 aliphatic heterocycles. The van der Waals surface area contributed by atoms with Crippen LogP contribution in [-0.4, -0.2) is 24.6 Å². The molecule has 8 nitrogen and oxygen atoms in total. The minimum atomic E-state index is -0.443. The molecule has 1 aliphatic carbocycles. The number of halogens is 1. The average molecular weight is 544 g/mol. The van der Waals surface area contributed by atoms with Crippen LogP contribution < -0.4 is 20.2 Å². The number of ether oxygens (including phenoxy) is 2. The van der Waals surface area contributed by atoms with E-state index >= 15 is 0 Å². The molecular formula is C30H26ClN3O5. The molecule has 0 unspecified atom stereocenters. The second kappa shape index (κ2) is 11.4. The van der Waals surface area contributed by atoms with Gasteiger partial charge in [0.15, 0.2) is 11.5 Å². The Bertz CT molecular complexity index is 1560. The molecule has 0 saturated heterocycles. The van der Waals surface area contributed by atoms with Crippen LogP contribution in [0.15, 0.2) is 82.3 Å². The molecule has 198 valence electrons. The molecule has 0 bridgehead atoms. The van der Waals surface area contributed by atoms with Crippen LogP contribution in [0.3, 0.4) is 0 Å². The van der Waals surface area contributed by atoms with Crippen molar-refractivity contribution in [1.82, 2.24) is 5.43 Å². The van der Waals surface area contributed by atoms with Gasteiger partial charge in [-0.2, -0.15) is 5.10 Å². The molecule has 39 heavy (non-hydrogen) atoms. The first kappa shape index (κ1) is 26.1. The molecule has 0 saturated carbocycles. The van der Waals surface area contributed by atoms with Crippen molar-refractivity contribution in [3.8, 4) is 17.2 Å². The van der Waals surface area contributed by atoms with Gasteiger partial charge in [0.05, 0.1) is 18.5 Å². The topological polar surface area (TPSA) is 102 Å². The molecule has 0 spiro atoms. The molecule has 1 heterocycles. The number of amides is 2. The summed E-state index contributed by atoms with van der Waals surface area (Å²) in [6.07, 6.45) is 2.07. The fourth-order valence-electron chi connectivity index (χ4n) is 4.43. The van der Waals surface area contributed by atoms with Crippen LogP contribution in [0.25, 0.3) is 0 Å². The van der Waals surface area contributed by atoms with Gasteiger partial charge in [-0.3, -0.25) is 9.59 Å². The highest BCUT2D eigenvalue weighted by Gasteiger charge is 2.28. The summed E-state index contributed by atoms with van der Waals surface area (Å²) in [6, 6.07) is 21.1. The van der Waals surface area contributed by atoms with Crippen LogP contribution in [0, 0.1) is 6.92 Å². The van der Waals surface area contributed by atoms with Crippen molar-refractivity contribution in [3.63, 3.8) is 0 Å². The summed E-state index contributed by atoms with van der Waals surface area (Å²) in [4.78, 5) is 26.0. The van der Waals surface area contributed by atoms with E-state index in [9.17, 15) is 9.59 Å². The maximum atomic E-state index is 13.4. The highest BCUT2D eigenvalue weighted by molar-refractivity contribution is 6.31. The third kappa shape index (κ3) is 5.81. The Morgan fingerprint density at radius 3 is 2.54 bits per heavy atom.